The Morgan fingerprint density at radius 1 is 0.754 bits per heavy atom. The van der Waals surface area contributed by atoms with E-state index < -0.39 is 44.5 Å². The molecule has 0 aliphatic rings. The molecule has 0 aliphatic carbocycles. The number of H-pyrrole nitrogens is 1. The summed E-state index contributed by atoms with van der Waals surface area (Å²) in [6.45, 7) is 4.07. The number of rotatable bonds is 5. The van der Waals surface area contributed by atoms with E-state index in [0.29, 0.717) is 35.5 Å². The van der Waals surface area contributed by atoms with Crippen LogP contribution >= 0.6 is 27.6 Å². The summed E-state index contributed by atoms with van der Waals surface area (Å²) in [5, 5.41) is 44.1. The predicted molar refractivity (Wildman–Crippen MR) is 258 cm³/mol. The number of nitrogen functional groups attached to an aromatic ring is 1. The van der Waals surface area contributed by atoms with E-state index >= 15 is 0 Å². The second-order valence-corrected chi connectivity index (χ2v) is 21.5. The predicted octanol–water partition coefficient (Wildman–Crippen LogP) is 10.8. The van der Waals surface area contributed by atoms with Crippen LogP contribution in [0.4, 0.5) is 19.0 Å². The van der Waals surface area contributed by atoms with Crippen LogP contribution < -0.4 is 16.8 Å². The fourth-order valence-corrected chi connectivity index (χ4v) is 4.62. The normalized spacial score (nSPS) is 9.13. The third kappa shape index (κ3) is 21.3. The number of hydrogen-bond acceptors (Lipinski definition) is 12. The van der Waals surface area contributed by atoms with E-state index in [9.17, 15) is 22.8 Å². The Labute approximate surface area is 415 Å². The molecule has 0 atom stereocenters. The molecule has 22 heteroatoms. The van der Waals surface area contributed by atoms with Crippen LogP contribution in [0.3, 0.4) is 0 Å². The number of carbonyl (C=O) groups excluding carboxylic acids is 1. The zero-order chi connectivity index (χ0) is 49.3. The molecule has 0 spiro atoms. The number of carbonyl (C=O) groups is 2. The monoisotopic (exact) mass is 1190 g/mol. The van der Waals surface area contributed by atoms with Crippen molar-refractivity contribution in [3.63, 3.8) is 0 Å². The van der Waals surface area contributed by atoms with E-state index in [0.717, 1.165) is 46.5 Å². The van der Waals surface area contributed by atoms with Gasteiger partial charge >= 0.3 is 48.7 Å². The van der Waals surface area contributed by atoms with Crippen LogP contribution in [0, 0.1) is 90.0 Å². The number of aryl methyl sites for hydroxylation is 2. The van der Waals surface area contributed by atoms with E-state index in [1.165, 1.54) is 30.3 Å². The van der Waals surface area contributed by atoms with E-state index in [1.807, 2.05) is 25.1 Å². The molecule has 15 nitrogen and oxygen atoms in total. The number of halogens is 6. The van der Waals surface area contributed by atoms with Crippen LogP contribution in [-0.4, -0.2) is 50.2 Å². The van der Waals surface area contributed by atoms with Crippen LogP contribution in [0.1, 0.15) is 71.2 Å². The van der Waals surface area contributed by atoms with E-state index in [4.69, 9.17) is 75.2 Å². The molecule has 0 bridgehead atoms. The van der Waals surface area contributed by atoms with Crippen molar-refractivity contribution in [2.75, 3.05) is 18.8 Å². The first-order valence-corrected chi connectivity index (χ1v) is 25.9. The third-order valence-electron chi connectivity index (χ3n) is 7.57. The second-order valence-electron chi connectivity index (χ2n) is 12.1. The maximum absolute atomic E-state index is 13.0. The van der Waals surface area contributed by atoms with E-state index in [1.54, 1.807) is 37.5 Å². The Kier molecular flexibility index (Phi) is 30.4. The molecule has 7 aromatic rings. The Hall–Kier alpha value is -7.54. The second kappa shape index (κ2) is 33.0. The van der Waals surface area contributed by atoms with Crippen molar-refractivity contribution in [1.29, 1.82) is 15.8 Å². The number of nitriles is 3. The number of aromatic amines is 1. The SMILES string of the molecule is C.C.C.C#CCN.C#CCNC(=O)c1ccc(F)c(C#N)c1.Cc1cnc(-c2ccc(F)c(C#N)c2)o1.Cc1cnc(-c2ccc3[nH]nc(N)c3c2)o1.N#Cc1cc(C(=O)O)ccc1F.[Cl][Au]([Cl])[Cl]. The van der Waals surface area contributed by atoms with Crippen LogP contribution in [0.5, 0.6) is 0 Å². The van der Waals surface area contributed by atoms with Gasteiger partial charge in [-0.25, -0.2) is 27.9 Å². The van der Waals surface area contributed by atoms with Gasteiger partial charge in [-0.3, -0.25) is 9.89 Å². The topological polar surface area (TPSA) is 271 Å². The molecule has 1 amide bonds. The number of carboxylic acids is 1. The van der Waals surface area contributed by atoms with Crippen LogP contribution in [-0.2, 0) is 15.2 Å². The Bertz CT molecular complexity index is 2980. The maximum atomic E-state index is 13.0. The first-order valence-electron chi connectivity index (χ1n) is 17.8. The van der Waals surface area contributed by atoms with Crippen LogP contribution in [0.25, 0.3) is 33.8 Å². The van der Waals surface area contributed by atoms with Gasteiger partial charge in [-0.05, 0) is 86.6 Å². The van der Waals surface area contributed by atoms with Crippen molar-refractivity contribution in [1.82, 2.24) is 25.5 Å². The summed E-state index contributed by atoms with van der Waals surface area (Å²) >= 11 is -1.79. The Morgan fingerprint density at radius 2 is 1.17 bits per heavy atom. The molecule has 0 aliphatic heterocycles. The number of nitrogens with zero attached hydrogens (tertiary/aromatic N) is 6. The van der Waals surface area contributed by atoms with Gasteiger partial charge in [-0.15, -0.1) is 12.8 Å². The van der Waals surface area contributed by atoms with Gasteiger partial charge in [0.1, 0.15) is 47.2 Å². The minimum atomic E-state index is -1.79. The number of oxazole rings is 2. The number of amides is 1. The summed E-state index contributed by atoms with van der Waals surface area (Å²) in [6.07, 6.45) is 12.9. The molecule has 3 heterocycles. The number of benzene rings is 4. The number of aromatic nitrogens is 4. The number of nitrogens with one attached hydrogen (secondary N) is 2. The fraction of sp³-hybridized carbons (Fsp3) is 0.149. The summed E-state index contributed by atoms with van der Waals surface area (Å²) in [7, 11) is 14.9. The van der Waals surface area contributed by atoms with Gasteiger partial charge in [0.05, 0.1) is 53.3 Å². The Balaban J connectivity index is 0. The van der Waals surface area contributed by atoms with Gasteiger partial charge in [0.25, 0.3) is 5.91 Å². The van der Waals surface area contributed by atoms with Crippen molar-refractivity contribution in [3.8, 4) is 65.8 Å². The van der Waals surface area contributed by atoms with Gasteiger partial charge in [-0.2, -0.15) is 20.9 Å². The Morgan fingerprint density at radius 3 is 1.59 bits per heavy atom. The van der Waals surface area contributed by atoms with Crippen molar-refractivity contribution >= 4 is 56.2 Å². The number of anilines is 1. The molecule has 0 saturated carbocycles. The molecule has 366 valence electrons. The van der Waals surface area contributed by atoms with Gasteiger partial charge in [-0.1, -0.05) is 34.1 Å². The molecule has 0 fully saturated rings. The van der Waals surface area contributed by atoms with Crippen LogP contribution in [0.2, 0.25) is 0 Å². The number of fused-ring (bicyclic) bond motifs is 1. The molecule has 7 N–H and O–H groups in total. The summed E-state index contributed by atoms with van der Waals surface area (Å²) in [5.41, 5.74) is 12.6. The van der Waals surface area contributed by atoms with Gasteiger partial charge in [0, 0.05) is 22.1 Å². The minimum absolute atomic E-state index is 0. The fourth-order valence-electron chi connectivity index (χ4n) is 4.62. The molecule has 3 aromatic heterocycles. The summed E-state index contributed by atoms with van der Waals surface area (Å²) < 4.78 is 49.3. The summed E-state index contributed by atoms with van der Waals surface area (Å²) in [4.78, 5) is 29.9. The van der Waals surface area contributed by atoms with Crippen molar-refractivity contribution < 1.29 is 51.9 Å². The summed E-state index contributed by atoms with van der Waals surface area (Å²) in [6, 6.07) is 21.5. The zero-order valence-electron chi connectivity index (χ0n) is 34.1. The zero-order valence-corrected chi connectivity index (χ0v) is 38.6. The molecule has 0 saturated heterocycles. The molecule has 69 heavy (non-hydrogen) atoms. The van der Waals surface area contributed by atoms with Crippen molar-refractivity contribution in [2.45, 2.75) is 36.1 Å². The van der Waals surface area contributed by atoms with Crippen LogP contribution in [0.15, 0.2) is 94.0 Å². The molecule has 7 rings (SSSR count). The number of aromatic carboxylic acids is 1. The molecular weight excluding hydrogens is 1140 g/mol. The number of hydrogen-bond donors (Lipinski definition) is 5. The molecule has 0 unspecified atom stereocenters. The van der Waals surface area contributed by atoms with Crippen molar-refractivity contribution in [2.24, 2.45) is 5.73 Å². The first kappa shape index (κ1) is 63.5. The third-order valence-corrected chi connectivity index (χ3v) is 7.57. The van der Waals surface area contributed by atoms with Gasteiger partial charge in [0.2, 0.25) is 11.8 Å². The van der Waals surface area contributed by atoms with Gasteiger partial charge < -0.3 is 30.7 Å². The van der Waals surface area contributed by atoms with Gasteiger partial charge in [0.15, 0.2) is 5.82 Å². The van der Waals surface area contributed by atoms with E-state index in [2.05, 4.69) is 43.7 Å². The number of nitrogens with two attached hydrogens (primary N) is 2. The first-order chi connectivity index (χ1) is 31.4. The quantitative estimate of drug-likeness (QED) is 0.0793. The van der Waals surface area contributed by atoms with E-state index in [-0.39, 0.29) is 56.6 Å². The average molecular weight is 1190 g/mol. The standard InChI is InChI=1S/2C11H7FN2O.C11H10N4O.C8H4FNO2.C3H5N.3CH4.Au.3ClH/c1-7-6-14-11(15-7)8-2-3-10(12)9(4-8)5-13;1-2-5-14-11(15)8-3-4-10(12)9(6-8)7-13;1-6-5-13-11(16-6)7-2-3-9-8(4-7)10(12)15-14-9;9-7-2-1-5(8(11)12)3-6(7)4-10;1-2-3-4;;;;;;;/h2-4,6H,1H3;1,3-4,6H,5H2,(H,14,15);2-5H,1H3,(H3,12,14,15);1-3H,(H,11,12);1H,3-4H2;3*1H4;;3*1H/q;;;;;;;;+3;;;/p-3. The molecule has 0 radical (unpaired) electrons. The number of terminal acetylenes is 2. The summed E-state index contributed by atoms with van der Waals surface area (Å²) in [5.74, 6) is 3.89. The molecular formula is C47H45AuCl3F3N10O5. The number of carboxylic acid groups (broad SMARTS) is 1. The molecule has 4 aromatic carbocycles. The average Bonchev–Trinajstić information content (AvgIpc) is 4.05. The van der Waals surface area contributed by atoms with Crippen molar-refractivity contribution in [3.05, 3.63) is 142 Å².